The Morgan fingerprint density at radius 2 is 2.17 bits per heavy atom. The van der Waals surface area contributed by atoms with Gasteiger partial charge in [-0.3, -0.25) is 4.79 Å². The number of anilines is 1. The molecule has 0 bridgehead atoms. The third kappa shape index (κ3) is 3.88. The molecule has 7 nitrogen and oxygen atoms in total. The Labute approximate surface area is 142 Å². The second-order valence-corrected chi connectivity index (χ2v) is 5.43. The Balaban J connectivity index is 1.60. The minimum absolute atomic E-state index is 0.397. The lowest BCUT2D eigenvalue weighted by Crippen LogP contribution is -2.12. The number of aromatic nitrogens is 3. The van der Waals surface area contributed by atoms with Crippen LogP contribution in [-0.2, 0) is 6.42 Å². The van der Waals surface area contributed by atoms with Gasteiger partial charge >= 0.3 is 0 Å². The van der Waals surface area contributed by atoms with Crippen molar-refractivity contribution in [1.82, 2.24) is 15.1 Å². The predicted octanol–water partition coefficient (Wildman–Crippen LogP) is 2.54. The summed E-state index contributed by atoms with van der Waals surface area (Å²) in [4.78, 5) is 19.6. The van der Waals surface area contributed by atoms with Crippen LogP contribution in [0.15, 0.2) is 47.1 Å². The molecule has 0 atom stereocenters. The Morgan fingerprint density at radius 3 is 2.96 bits per heavy atom. The van der Waals surface area contributed by atoms with Crippen LogP contribution in [0.1, 0.15) is 16.2 Å². The maximum atomic E-state index is 11.1. The molecule has 0 saturated heterocycles. The highest BCUT2D eigenvalue weighted by Gasteiger charge is 2.09. The van der Waals surface area contributed by atoms with Crippen LogP contribution in [0.5, 0.6) is 0 Å². The van der Waals surface area contributed by atoms with Crippen LogP contribution in [0.3, 0.4) is 0 Å². The van der Waals surface area contributed by atoms with Crippen LogP contribution < -0.4 is 11.1 Å². The first-order valence-electron chi connectivity index (χ1n) is 7.20. The number of nitrogens with one attached hydrogen (secondary N) is 1. The van der Waals surface area contributed by atoms with E-state index in [-0.39, 0.29) is 0 Å². The van der Waals surface area contributed by atoms with Crippen molar-refractivity contribution in [2.75, 3.05) is 11.9 Å². The van der Waals surface area contributed by atoms with Crippen molar-refractivity contribution in [3.05, 3.63) is 59.1 Å². The number of halogens is 1. The molecule has 0 aliphatic carbocycles. The molecule has 0 aliphatic rings. The van der Waals surface area contributed by atoms with E-state index < -0.39 is 5.91 Å². The zero-order chi connectivity index (χ0) is 16.9. The highest BCUT2D eigenvalue weighted by Crippen LogP contribution is 2.20. The van der Waals surface area contributed by atoms with Crippen LogP contribution in [0.2, 0.25) is 5.02 Å². The van der Waals surface area contributed by atoms with Gasteiger partial charge < -0.3 is 15.6 Å². The largest absolute Gasteiger partial charge is 0.370 e. The number of nitrogens with two attached hydrogens (primary N) is 1. The van der Waals surface area contributed by atoms with E-state index in [4.69, 9.17) is 21.9 Å². The molecule has 0 spiro atoms. The zero-order valence-corrected chi connectivity index (χ0v) is 13.3. The maximum Gasteiger partial charge on any atom is 0.248 e. The van der Waals surface area contributed by atoms with Gasteiger partial charge in [0.05, 0.1) is 0 Å². The number of carbonyl (C=O) groups excluding carboxylic acids is 1. The number of hydrogen-bond acceptors (Lipinski definition) is 6. The quantitative estimate of drug-likeness (QED) is 0.712. The summed E-state index contributed by atoms with van der Waals surface area (Å²) in [5.74, 6) is 1.04. The van der Waals surface area contributed by atoms with Gasteiger partial charge in [0.2, 0.25) is 17.6 Å². The minimum Gasteiger partial charge on any atom is -0.370 e. The summed E-state index contributed by atoms with van der Waals surface area (Å²) in [6, 6.07) is 10.4. The molecule has 1 amide bonds. The first-order valence-corrected chi connectivity index (χ1v) is 7.58. The zero-order valence-electron chi connectivity index (χ0n) is 12.6. The smallest absolute Gasteiger partial charge is 0.248 e. The van der Waals surface area contributed by atoms with Crippen LogP contribution in [0.25, 0.3) is 11.4 Å². The van der Waals surface area contributed by atoms with Crippen molar-refractivity contribution >= 4 is 23.3 Å². The van der Waals surface area contributed by atoms with Crippen molar-refractivity contribution in [2.24, 2.45) is 5.73 Å². The lowest BCUT2D eigenvalue weighted by atomic mass is 10.2. The summed E-state index contributed by atoms with van der Waals surface area (Å²) in [5, 5.41) is 7.63. The van der Waals surface area contributed by atoms with Crippen LogP contribution >= 0.6 is 11.6 Å². The standard InChI is InChI=1S/C16H14ClN5O2/c17-12-3-1-2-11(8-12)16-21-14(24-22-16)5-7-20-13-9-10(15(18)23)4-6-19-13/h1-4,6,8-9H,5,7H2,(H2,18,23)(H,19,20). The fourth-order valence-corrected chi connectivity index (χ4v) is 2.27. The molecule has 3 aromatic rings. The fourth-order valence-electron chi connectivity index (χ4n) is 2.08. The molecule has 0 aliphatic heterocycles. The van der Waals surface area contributed by atoms with E-state index in [0.717, 1.165) is 5.56 Å². The molecule has 0 saturated carbocycles. The number of primary amides is 1. The van der Waals surface area contributed by atoms with Gasteiger partial charge in [-0.15, -0.1) is 0 Å². The topological polar surface area (TPSA) is 107 Å². The van der Waals surface area contributed by atoms with Crippen molar-refractivity contribution in [1.29, 1.82) is 0 Å². The van der Waals surface area contributed by atoms with Gasteiger partial charge in [-0.2, -0.15) is 4.98 Å². The van der Waals surface area contributed by atoms with Crippen molar-refractivity contribution in [3.8, 4) is 11.4 Å². The third-order valence-electron chi connectivity index (χ3n) is 3.24. The Kier molecular flexibility index (Phi) is 4.72. The average molecular weight is 344 g/mol. The predicted molar refractivity (Wildman–Crippen MR) is 89.7 cm³/mol. The van der Waals surface area contributed by atoms with Crippen molar-refractivity contribution in [3.63, 3.8) is 0 Å². The summed E-state index contributed by atoms with van der Waals surface area (Å²) >= 11 is 5.95. The van der Waals surface area contributed by atoms with Gasteiger partial charge in [-0.05, 0) is 24.3 Å². The first-order chi connectivity index (χ1) is 11.6. The van der Waals surface area contributed by atoms with Gasteiger partial charge in [-0.1, -0.05) is 28.9 Å². The molecule has 1 aromatic carbocycles. The number of pyridine rings is 1. The molecule has 122 valence electrons. The number of benzene rings is 1. The molecular formula is C16H14ClN5O2. The Morgan fingerprint density at radius 1 is 1.29 bits per heavy atom. The molecule has 8 heteroatoms. The van der Waals surface area contributed by atoms with E-state index in [9.17, 15) is 4.79 Å². The minimum atomic E-state index is -0.497. The first kappa shape index (κ1) is 15.9. The van der Waals surface area contributed by atoms with E-state index in [1.165, 1.54) is 6.20 Å². The molecule has 24 heavy (non-hydrogen) atoms. The van der Waals surface area contributed by atoms with E-state index in [1.807, 2.05) is 12.1 Å². The van der Waals surface area contributed by atoms with Crippen LogP contribution in [0, 0.1) is 0 Å². The van der Waals surface area contributed by atoms with Crippen LogP contribution in [0.4, 0.5) is 5.82 Å². The summed E-state index contributed by atoms with van der Waals surface area (Å²) in [5.41, 5.74) is 6.42. The van der Waals surface area contributed by atoms with Gasteiger partial charge in [0.25, 0.3) is 0 Å². The monoisotopic (exact) mass is 343 g/mol. The maximum absolute atomic E-state index is 11.1. The van der Waals surface area contributed by atoms with E-state index >= 15 is 0 Å². The summed E-state index contributed by atoms with van der Waals surface area (Å²) in [6.45, 7) is 0.520. The molecule has 0 fully saturated rings. The molecule has 0 unspecified atom stereocenters. The number of carbonyl (C=O) groups is 1. The van der Waals surface area contributed by atoms with E-state index in [0.29, 0.717) is 41.1 Å². The number of hydrogen-bond donors (Lipinski definition) is 2. The molecule has 3 rings (SSSR count). The summed E-state index contributed by atoms with van der Waals surface area (Å²) in [6.07, 6.45) is 2.03. The number of rotatable bonds is 6. The highest BCUT2D eigenvalue weighted by molar-refractivity contribution is 6.30. The van der Waals surface area contributed by atoms with Crippen LogP contribution in [-0.4, -0.2) is 27.6 Å². The lowest BCUT2D eigenvalue weighted by Gasteiger charge is -2.04. The van der Waals surface area contributed by atoms with Crippen molar-refractivity contribution in [2.45, 2.75) is 6.42 Å². The summed E-state index contributed by atoms with van der Waals surface area (Å²) < 4.78 is 5.22. The molecule has 2 heterocycles. The van der Waals surface area contributed by atoms with Gasteiger partial charge in [-0.25, -0.2) is 4.98 Å². The average Bonchev–Trinajstić information content (AvgIpc) is 3.04. The SMILES string of the molecule is NC(=O)c1ccnc(NCCc2nc(-c3cccc(Cl)c3)no2)c1. The molecular weight excluding hydrogens is 330 g/mol. The molecule has 2 aromatic heterocycles. The lowest BCUT2D eigenvalue weighted by molar-refractivity contribution is 0.1000. The second-order valence-electron chi connectivity index (χ2n) is 4.99. The fraction of sp³-hybridized carbons (Fsp3) is 0.125. The molecule has 0 radical (unpaired) electrons. The van der Waals surface area contributed by atoms with Gasteiger partial charge in [0, 0.05) is 35.3 Å². The summed E-state index contributed by atoms with van der Waals surface area (Å²) in [7, 11) is 0. The molecule has 3 N–H and O–H groups in total. The normalized spacial score (nSPS) is 10.5. The third-order valence-corrected chi connectivity index (χ3v) is 3.48. The number of nitrogens with zero attached hydrogens (tertiary/aromatic N) is 3. The Bertz CT molecular complexity index is 865. The second kappa shape index (κ2) is 7.10. The number of amides is 1. The van der Waals surface area contributed by atoms with E-state index in [2.05, 4.69) is 20.4 Å². The van der Waals surface area contributed by atoms with E-state index in [1.54, 1.807) is 24.3 Å². The van der Waals surface area contributed by atoms with Gasteiger partial charge in [0.15, 0.2) is 0 Å². The Hall–Kier alpha value is -2.93. The van der Waals surface area contributed by atoms with Gasteiger partial charge in [0.1, 0.15) is 5.82 Å². The van der Waals surface area contributed by atoms with Crippen molar-refractivity contribution < 1.29 is 9.32 Å². The highest BCUT2D eigenvalue weighted by atomic mass is 35.5.